The molecule has 44 heavy (non-hydrogen) atoms. The number of carbonyl (C=O) groups is 5. The van der Waals surface area contributed by atoms with E-state index in [1.807, 2.05) is 0 Å². The lowest BCUT2D eigenvalue weighted by molar-refractivity contribution is -0.144. The first-order chi connectivity index (χ1) is 20.9. The number of nitrogens with zero attached hydrogens (tertiary/aromatic N) is 2. The van der Waals surface area contributed by atoms with Crippen LogP contribution >= 0.6 is 0 Å². The van der Waals surface area contributed by atoms with E-state index in [1.54, 1.807) is 9.80 Å². The molecule has 10 nitrogen and oxygen atoms in total. The molecular formula is C32H33F2N3O7. The predicted octanol–water partition coefficient (Wildman–Crippen LogP) is 3.21. The molecule has 2 fully saturated rings. The molecule has 0 saturated carbocycles. The van der Waals surface area contributed by atoms with Gasteiger partial charge in [0.2, 0.25) is 17.7 Å². The maximum atomic E-state index is 13.6. The van der Waals surface area contributed by atoms with Crippen LogP contribution in [0.15, 0.2) is 36.4 Å². The van der Waals surface area contributed by atoms with Crippen molar-refractivity contribution in [2.75, 3.05) is 26.2 Å². The number of carbonyl (C=O) groups excluding carboxylic acids is 5. The molecule has 0 radical (unpaired) electrons. The molecule has 1 N–H and O–H groups in total. The third kappa shape index (κ3) is 5.77. The summed E-state index contributed by atoms with van der Waals surface area (Å²) in [5, 5.41) is 2.62. The molecule has 0 aliphatic carbocycles. The van der Waals surface area contributed by atoms with Crippen molar-refractivity contribution in [1.29, 1.82) is 0 Å². The zero-order chi connectivity index (χ0) is 31.2. The molecule has 2 spiro atoms. The van der Waals surface area contributed by atoms with Gasteiger partial charge in [0.25, 0.3) is 0 Å². The van der Waals surface area contributed by atoms with E-state index in [0.29, 0.717) is 50.3 Å². The Morgan fingerprint density at radius 1 is 0.795 bits per heavy atom. The van der Waals surface area contributed by atoms with Gasteiger partial charge in [-0.1, -0.05) is 0 Å². The van der Waals surface area contributed by atoms with Crippen molar-refractivity contribution < 1.29 is 42.2 Å². The average Bonchev–Trinajstić information content (AvgIpc) is 2.98. The topological polar surface area (TPSA) is 122 Å². The van der Waals surface area contributed by atoms with Crippen molar-refractivity contribution in [1.82, 2.24) is 15.1 Å². The summed E-state index contributed by atoms with van der Waals surface area (Å²) >= 11 is 0. The van der Waals surface area contributed by atoms with Gasteiger partial charge >= 0.3 is 0 Å². The lowest BCUT2D eigenvalue weighted by Gasteiger charge is -2.45. The minimum atomic E-state index is -1.07. The second kappa shape index (κ2) is 11.3. The van der Waals surface area contributed by atoms with Gasteiger partial charge in [-0.05, 0) is 36.4 Å². The van der Waals surface area contributed by atoms with Crippen LogP contribution in [-0.4, -0.2) is 82.5 Å². The summed E-state index contributed by atoms with van der Waals surface area (Å²) in [6, 6.07) is 6.65. The highest BCUT2D eigenvalue weighted by Gasteiger charge is 2.46. The quantitative estimate of drug-likeness (QED) is 0.565. The smallest absolute Gasteiger partial charge is 0.245 e. The fraction of sp³-hybridized carbons (Fsp3) is 0.469. The van der Waals surface area contributed by atoms with Crippen LogP contribution in [0.4, 0.5) is 8.78 Å². The molecule has 4 aliphatic rings. The van der Waals surface area contributed by atoms with E-state index >= 15 is 0 Å². The highest BCUT2D eigenvalue weighted by molar-refractivity contribution is 6.01. The average molecular weight is 610 g/mol. The monoisotopic (exact) mass is 609 g/mol. The third-order valence-corrected chi connectivity index (χ3v) is 9.17. The largest absolute Gasteiger partial charge is 0.486 e. The molecule has 2 aromatic rings. The van der Waals surface area contributed by atoms with Gasteiger partial charge in [0.05, 0.1) is 30.4 Å². The second-order valence-electron chi connectivity index (χ2n) is 12.2. The Labute approximate surface area is 252 Å². The summed E-state index contributed by atoms with van der Waals surface area (Å²) in [5.41, 5.74) is -1.16. The van der Waals surface area contributed by atoms with Crippen LogP contribution in [0.2, 0.25) is 0 Å². The maximum absolute atomic E-state index is 13.6. The minimum absolute atomic E-state index is 0.0767. The van der Waals surface area contributed by atoms with Gasteiger partial charge in [0, 0.05) is 58.8 Å². The zero-order valence-corrected chi connectivity index (χ0v) is 24.3. The summed E-state index contributed by atoms with van der Waals surface area (Å²) < 4.78 is 39.6. The van der Waals surface area contributed by atoms with Gasteiger partial charge in [0.1, 0.15) is 40.4 Å². The van der Waals surface area contributed by atoms with Crippen LogP contribution < -0.4 is 14.8 Å². The number of nitrogens with one attached hydrogen (secondary N) is 1. The molecule has 0 aromatic heterocycles. The molecule has 4 aliphatic heterocycles. The highest BCUT2D eigenvalue weighted by Crippen LogP contribution is 2.41. The van der Waals surface area contributed by atoms with E-state index in [4.69, 9.17) is 9.47 Å². The summed E-state index contributed by atoms with van der Waals surface area (Å²) in [7, 11) is 0. The Kier molecular flexibility index (Phi) is 7.63. The van der Waals surface area contributed by atoms with E-state index in [0.717, 1.165) is 0 Å². The number of piperidine rings is 2. The van der Waals surface area contributed by atoms with Crippen molar-refractivity contribution in [2.24, 2.45) is 0 Å². The Morgan fingerprint density at radius 2 is 1.25 bits per heavy atom. The normalized spacial score (nSPS) is 20.7. The number of benzene rings is 2. The lowest BCUT2D eigenvalue weighted by Crippen LogP contribution is -2.57. The van der Waals surface area contributed by atoms with E-state index in [1.165, 1.54) is 43.3 Å². The summed E-state index contributed by atoms with van der Waals surface area (Å²) in [6.07, 6.45) is 1.45. The number of amides is 3. The van der Waals surface area contributed by atoms with Crippen molar-refractivity contribution in [3.63, 3.8) is 0 Å². The van der Waals surface area contributed by atoms with Gasteiger partial charge in [-0.2, -0.15) is 0 Å². The van der Waals surface area contributed by atoms with Crippen LogP contribution in [-0.2, 0) is 14.4 Å². The van der Waals surface area contributed by atoms with Crippen LogP contribution in [0.25, 0.3) is 0 Å². The summed E-state index contributed by atoms with van der Waals surface area (Å²) in [5.74, 6) is -1.93. The van der Waals surface area contributed by atoms with Gasteiger partial charge in [-0.3, -0.25) is 24.0 Å². The molecule has 0 bridgehead atoms. The lowest BCUT2D eigenvalue weighted by atomic mass is 9.82. The molecule has 232 valence electrons. The molecule has 2 saturated heterocycles. The van der Waals surface area contributed by atoms with Crippen LogP contribution in [0, 0.1) is 11.6 Å². The van der Waals surface area contributed by atoms with Gasteiger partial charge in [-0.15, -0.1) is 0 Å². The van der Waals surface area contributed by atoms with Crippen molar-refractivity contribution >= 4 is 29.3 Å². The summed E-state index contributed by atoms with van der Waals surface area (Å²) in [4.78, 5) is 67.6. The van der Waals surface area contributed by atoms with Gasteiger partial charge in [-0.25, -0.2) is 8.78 Å². The number of Topliss-reactive ketones (excluding diaryl/α,β-unsaturated/α-hetero) is 2. The predicted molar refractivity (Wildman–Crippen MR) is 151 cm³/mol. The van der Waals surface area contributed by atoms with Crippen LogP contribution in [0.3, 0.4) is 0 Å². The molecule has 2 aromatic carbocycles. The number of likely N-dealkylation sites (tertiary alicyclic amines) is 2. The Morgan fingerprint density at radius 3 is 1.70 bits per heavy atom. The first-order valence-electron chi connectivity index (χ1n) is 14.8. The first kappa shape index (κ1) is 29.7. The molecule has 1 atom stereocenters. The number of fused-ring (bicyclic) bond motifs is 2. The standard InChI is InChI=1S/C32H33F2N3O7/c1-19(38)35-24(30(42)37-12-8-32(9-13-37)18-26(40)23-15-21(34)3-5-28(23)44-32)16-29(41)36-10-6-31(7-11-36)17-25(39)22-14-20(33)2-4-27(22)43-31/h2-5,14-15,24H,6-13,16-18H2,1H3,(H,35,38). The van der Waals surface area contributed by atoms with Crippen LogP contribution in [0.1, 0.15) is 72.6 Å². The zero-order valence-electron chi connectivity index (χ0n) is 24.3. The highest BCUT2D eigenvalue weighted by atomic mass is 19.1. The van der Waals surface area contributed by atoms with E-state index in [2.05, 4.69) is 5.32 Å². The number of hydrogen-bond acceptors (Lipinski definition) is 7. The van der Waals surface area contributed by atoms with Crippen molar-refractivity contribution in [3.05, 3.63) is 59.2 Å². The number of hydrogen-bond donors (Lipinski definition) is 1. The van der Waals surface area contributed by atoms with Crippen molar-refractivity contribution in [3.8, 4) is 11.5 Å². The minimum Gasteiger partial charge on any atom is -0.486 e. The fourth-order valence-electron chi connectivity index (χ4n) is 6.76. The molecule has 12 heteroatoms. The van der Waals surface area contributed by atoms with Crippen molar-refractivity contribution in [2.45, 2.75) is 69.1 Å². The SMILES string of the molecule is CC(=O)NC(CC(=O)N1CCC2(CC1)CC(=O)c1cc(F)ccc1O2)C(=O)N1CCC2(CC1)CC(=O)c1cc(F)ccc1O2. The second-order valence-corrected chi connectivity index (χ2v) is 12.2. The fourth-order valence-corrected chi connectivity index (χ4v) is 6.76. The number of ketones is 2. The van der Waals surface area contributed by atoms with E-state index < -0.39 is 40.7 Å². The number of ether oxygens (including phenoxy) is 2. The summed E-state index contributed by atoms with van der Waals surface area (Å²) in [6.45, 7) is 2.40. The van der Waals surface area contributed by atoms with E-state index in [-0.39, 0.29) is 61.0 Å². The Hall–Kier alpha value is -4.35. The maximum Gasteiger partial charge on any atom is 0.245 e. The number of rotatable bonds is 4. The number of halogens is 2. The molecule has 3 amide bonds. The molecule has 6 rings (SSSR count). The van der Waals surface area contributed by atoms with Gasteiger partial charge < -0.3 is 24.6 Å². The molecule has 1 unspecified atom stereocenters. The van der Waals surface area contributed by atoms with E-state index in [9.17, 15) is 32.8 Å². The Balaban J connectivity index is 1.06. The molecular weight excluding hydrogens is 576 g/mol. The Bertz CT molecular complexity index is 1540. The van der Waals surface area contributed by atoms with Crippen LogP contribution in [0.5, 0.6) is 11.5 Å². The van der Waals surface area contributed by atoms with Gasteiger partial charge in [0.15, 0.2) is 11.6 Å². The molecule has 4 heterocycles. The third-order valence-electron chi connectivity index (χ3n) is 9.17. The first-order valence-corrected chi connectivity index (χ1v) is 14.8.